The molecule has 2 rings (SSSR count). The van der Waals surface area contributed by atoms with Crippen LogP contribution in [0, 0.1) is 0 Å². The van der Waals surface area contributed by atoms with E-state index in [0.29, 0.717) is 30.5 Å². The van der Waals surface area contributed by atoms with Crippen LogP contribution in [-0.2, 0) is 19.6 Å². The summed E-state index contributed by atoms with van der Waals surface area (Å²) >= 11 is 0. The molecule has 0 atom stereocenters. The largest absolute Gasteiger partial charge is 0.493 e. The van der Waals surface area contributed by atoms with Crippen molar-refractivity contribution in [2.75, 3.05) is 20.8 Å². The van der Waals surface area contributed by atoms with Gasteiger partial charge in [0.05, 0.1) is 27.4 Å². The Morgan fingerprint density at radius 1 is 1.00 bits per heavy atom. The molecule has 0 aliphatic heterocycles. The lowest BCUT2D eigenvalue weighted by molar-refractivity contribution is 0.282. The fourth-order valence-corrected chi connectivity index (χ4v) is 2.36. The zero-order valence-corrected chi connectivity index (χ0v) is 17.4. The number of methoxy groups -OCH3 is 2. The van der Waals surface area contributed by atoms with Gasteiger partial charge in [0.2, 0.25) is 0 Å². The number of ether oxygens (including phenoxy) is 2. The summed E-state index contributed by atoms with van der Waals surface area (Å²) in [4.78, 5) is 4.34. The molecule has 142 valence electrons. The summed E-state index contributed by atoms with van der Waals surface area (Å²) in [6.45, 7) is 1.22. The first-order valence-electron chi connectivity index (χ1n) is 8.09. The topological polar surface area (TPSA) is 89.1 Å². The molecule has 0 aromatic heterocycles. The van der Waals surface area contributed by atoms with Crippen molar-refractivity contribution < 1.29 is 14.6 Å². The maximum absolute atomic E-state index is 9.03. The monoisotopic (exact) mass is 471 g/mol. The zero-order chi connectivity index (χ0) is 18.1. The van der Waals surface area contributed by atoms with Crippen molar-refractivity contribution in [1.82, 2.24) is 5.32 Å². The molecule has 0 fully saturated rings. The number of aliphatic hydroxyl groups excluding tert-OH is 1. The minimum atomic E-state index is 0. The van der Waals surface area contributed by atoms with Gasteiger partial charge in [-0.3, -0.25) is 0 Å². The predicted molar refractivity (Wildman–Crippen MR) is 114 cm³/mol. The molecule has 6 nitrogen and oxygen atoms in total. The second-order valence-corrected chi connectivity index (χ2v) is 5.54. The van der Waals surface area contributed by atoms with Crippen molar-refractivity contribution in [3.05, 3.63) is 59.2 Å². The number of nitrogens with two attached hydrogens (primary N) is 1. The summed E-state index contributed by atoms with van der Waals surface area (Å²) in [5.74, 6) is 1.77. The first kappa shape index (κ1) is 22.0. The molecule has 0 radical (unpaired) electrons. The molecular weight excluding hydrogens is 445 g/mol. The van der Waals surface area contributed by atoms with Crippen molar-refractivity contribution >= 4 is 29.9 Å². The first-order valence-corrected chi connectivity index (χ1v) is 8.09. The molecule has 0 saturated carbocycles. The van der Waals surface area contributed by atoms with Crippen LogP contribution in [0.15, 0.2) is 47.5 Å². The average Bonchev–Trinajstić information content (AvgIpc) is 2.66. The van der Waals surface area contributed by atoms with E-state index in [2.05, 4.69) is 10.3 Å². The summed E-state index contributed by atoms with van der Waals surface area (Å²) in [6.07, 6.45) is 0.832. The van der Waals surface area contributed by atoms with Gasteiger partial charge in [0, 0.05) is 6.54 Å². The van der Waals surface area contributed by atoms with Gasteiger partial charge >= 0.3 is 0 Å². The van der Waals surface area contributed by atoms with Crippen LogP contribution >= 0.6 is 24.0 Å². The van der Waals surface area contributed by atoms with Crippen molar-refractivity contribution in [1.29, 1.82) is 0 Å². The Balaban J connectivity index is 0.00000338. The van der Waals surface area contributed by atoms with Gasteiger partial charge in [0.1, 0.15) is 0 Å². The molecule has 4 N–H and O–H groups in total. The zero-order valence-electron chi connectivity index (χ0n) is 15.1. The summed E-state index contributed by atoms with van der Waals surface area (Å²) in [7, 11) is 3.21. The SMILES string of the molecule is COc1ccc(CN=C(N)NCCc2ccc(CO)cc2)cc1OC.I. The number of rotatable bonds is 8. The van der Waals surface area contributed by atoms with Crippen LogP contribution in [-0.4, -0.2) is 31.8 Å². The van der Waals surface area contributed by atoms with E-state index in [9.17, 15) is 0 Å². The quantitative estimate of drug-likeness (QED) is 0.313. The molecule has 0 amide bonds. The molecule has 0 spiro atoms. The van der Waals surface area contributed by atoms with E-state index in [1.54, 1.807) is 14.2 Å². The van der Waals surface area contributed by atoms with Crippen LogP contribution in [0.25, 0.3) is 0 Å². The third-order valence-corrected chi connectivity index (χ3v) is 3.81. The number of halogens is 1. The van der Waals surface area contributed by atoms with Crippen LogP contribution in [0.2, 0.25) is 0 Å². The fraction of sp³-hybridized carbons (Fsp3) is 0.316. The highest BCUT2D eigenvalue weighted by atomic mass is 127. The highest BCUT2D eigenvalue weighted by molar-refractivity contribution is 14.0. The Kier molecular flexibility index (Phi) is 9.82. The Morgan fingerprint density at radius 2 is 1.62 bits per heavy atom. The molecule has 0 unspecified atom stereocenters. The summed E-state index contributed by atoms with van der Waals surface area (Å²) in [6, 6.07) is 13.5. The van der Waals surface area contributed by atoms with Gasteiger partial charge in [-0.1, -0.05) is 30.3 Å². The number of hydrogen-bond acceptors (Lipinski definition) is 4. The molecule has 7 heteroatoms. The highest BCUT2D eigenvalue weighted by Crippen LogP contribution is 2.27. The van der Waals surface area contributed by atoms with Gasteiger partial charge in [-0.15, -0.1) is 24.0 Å². The van der Waals surface area contributed by atoms with E-state index in [1.807, 2.05) is 42.5 Å². The lowest BCUT2D eigenvalue weighted by Gasteiger charge is -2.09. The maximum atomic E-state index is 9.03. The Morgan fingerprint density at radius 3 is 2.23 bits per heavy atom. The number of hydrogen-bond donors (Lipinski definition) is 3. The Hall–Kier alpha value is -2.00. The second kappa shape index (κ2) is 11.6. The van der Waals surface area contributed by atoms with Gasteiger partial charge < -0.3 is 25.6 Å². The minimum Gasteiger partial charge on any atom is -0.493 e. The second-order valence-electron chi connectivity index (χ2n) is 5.54. The first-order chi connectivity index (χ1) is 12.2. The number of nitrogens with one attached hydrogen (secondary N) is 1. The molecule has 2 aromatic rings. The molecule has 0 aliphatic rings. The number of benzene rings is 2. The molecular formula is C19H26IN3O3. The molecule has 26 heavy (non-hydrogen) atoms. The Bertz CT molecular complexity index is 706. The van der Waals surface area contributed by atoms with E-state index in [-0.39, 0.29) is 30.6 Å². The highest BCUT2D eigenvalue weighted by Gasteiger charge is 2.04. The fourth-order valence-electron chi connectivity index (χ4n) is 2.36. The van der Waals surface area contributed by atoms with E-state index < -0.39 is 0 Å². The number of aliphatic hydroxyl groups is 1. The van der Waals surface area contributed by atoms with Crippen LogP contribution < -0.4 is 20.5 Å². The maximum Gasteiger partial charge on any atom is 0.188 e. The lowest BCUT2D eigenvalue weighted by atomic mass is 10.1. The minimum absolute atomic E-state index is 0. The normalized spacial score (nSPS) is 10.8. The van der Waals surface area contributed by atoms with Gasteiger partial charge in [-0.2, -0.15) is 0 Å². The molecule has 2 aromatic carbocycles. The van der Waals surface area contributed by atoms with Crippen molar-refractivity contribution in [2.45, 2.75) is 19.6 Å². The van der Waals surface area contributed by atoms with E-state index in [0.717, 1.165) is 17.5 Å². The lowest BCUT2D eigenvalue weighted by Crippen LogP contribution is -2.33. The van der Waals surface area contributed by atoms with Crippen molar-refractivity contribution in [2.24, 2.45) is 10.7 Å². The number of guanidine groups is 1. The van der Waals surface area contributed by atoms with Gasteiger partial charge in [0.15, 0.2) is 17.5 Å². The number of nitrogens with zero attached hydrogens (tertiary/aromatic N) is 1. The van der Waals surface area contributed by atoms with Crippen LogP contribution in [0.5, 0.6) is 11.5 Å². The van der Waals surface area contributed by atoms with Gasteiger partial charge in [-0.25, -0.2) is 4.99 Å². The average molecular weight is 471 g/mol. The van der Waals surface area contributed by atoms with E-state index in [1.165, 1.54) is 5.56 Å². The summed E-state index contributed by atoms with van der Waals surface area (Å²) < 4.78 is 10.5. The van der Waals surface area contributed by atoms with Crippen LogP contribution in [0.1, 0.15) is 16.7 Å². The van der Waals surface area contributed by atoms with E-state index >= 15 is 0 Å². The molecule has 0 aliphatic carbocycles. The molecule has 0 heterocycles. The summed E-state index contributed by atoms with van der Waals surface area (Å²) in [5.41, 5.74) is 8.98. The van der Waals surface area contributed by atoms with Crippen molar-refractivity contribution in [3.63, 3.8) is 0 Å². The molecule has 0 bridgehead atoms. The Labute approximate surface area is 171 Å². The van der Waals surface area contributed by atoms with Crippen LogP contribution in [0.3, 0.4) is 0 Å². The molecule has 0 saturated heterocycles. The third kappa shape index (κ3) is 6.72. The van der Waals surface area contributed by atoms with Gasteiger partial charge in [-0.05, 0) is 35.2 Å². The van der Waals surface area contributed by atoms with Crippen molar-refractivity contribution in [3.8, 4) is 11.5 Å². The van der Waals surface area contributed by atoms with E-state index in [4.69, 9.17) is 20.3 Å². The predicted octanol–water partition coefficient (Wildman–Crippen LogP) is 2.46. The third-order valence-electron chi connectivity index (χ3n) is 3.81. The standard InChI is InChI=1S/C19H25N3O3.HI/c1-24-17-8-7-16(11-18(17)25-2)12-22-19(20)21-10-9-14-3-5-15(13-23)6-4-14;/h3-8,11,23H,9-10,12-13H2,1-2H3,(H3,20,21,22);1H. The number of aliphatic imine (C=N–C) groups is 1. The van der Waals surface area contributed by atoms with Crippen LogP contribution in [0.4, 0.5) is 0 Å². The smallest absolute Gasteiger partial charge is 0.188 e. The van der Waals surface area contributed by atoms with Gasteiger partial charge in [0.25, 0.3) is 0 Å². The summed E-state index contributed by atoms with van der Waals surface area (Å²) in [5, 5.41) is 12.1.